The number of ether oxygens (including phenoxy) is 2. The van der Waals surface area contributed by atoms with Crippen LogP contribution in [0.15, 0.2) is 24.3 Å². The minimum atomic E-state index is -0.679. The number of nitrogens with zero attached hydrogens (tertiary/aromatic N) is 1. The fourth-order valence-corrected chi connectivity index (χ4v) is 1.38. The van der Waals surface area contributed by atoms with Crippen LogP contribution >= 0.6 is 0 Å². The zero-order chi connectivity index (χ0) is 19.1. The average Bonchev–Trinajstić information content (AvgIpc) is 2.58. The molecule has 0 aromatic carbocycles. The van der Waals surface area contributed by atoms with E-state index < -0.39 is 23.8 Å². The van der Waals surface area contributed by atoms with Crippen molar-refractivity contribution < 1.29 is 28.7 Å². The molecule has 140 valence electrons. The molecule has 0 bridgehead atoms. The van der Waals surface area contributed by atoms with E-state index in [1.807, 2.05) is 13.8 Å². The number of unbranched alkanes of at least 4 members (excludes halogenated alkanes) is 2. The highest BCUT2D eigenvalue weighted by atomic mass is 16.5. The van der Waals surface area contributed by atoms with E-state index in [0.717, 1.165) is 55.0 Å². The second kappa shape index (κ2) is 13.8. The molecular weight excluding hydrogens is 328 g/mol. The highest BCUT2D eigenvalue weighted by Crippen LogP contribution is 1.92. The molecule has 0 aromatic heterocycles. The zero-order valence-corrected chi connectivity index (χ0v) is 14.9. The molecule has 0 aliphatic carbocycles. The van der Waals surface area contributed by atoms with Crippen molar-refractivity contribution in [3.63, 3.8) is 0 Å². The third-order valence-electron chi connectivity index (χ3n) is 2.83. The number of esters is 2. The Morgan fingerprint density at radius 1 is 0.840 bits per heavy atom. The summed E-state index contributed by atoms with van der Waals surface area (Å²) in [4.78, 5) is 45.9. The van der Waals surface area contributed by atoms with Crippen LogP contribution in [0.3, 0.4) is 0 Å². The number of carbonyl (C=O) groups excluding carboxylic acids is 4. The first-order valence-electron chi connectivity index (χ1n) is 8.18. The number of carbonyl (C=O) groups is 4. The van der Waals surface area contributed by atoms with Crippen molar-refractivity contribution in [2.45, 2.75) is 39.5 Å². The molecule has 8 nitrogen and oxygen atoms in total. The summed E-state index contributed by atoms with van der Waals surface area (Å²) in [6.07, 6.45) is 7.19. The van der Waals surface area contributed by atoms with Gasteiger partial charge in [0.15, 0.2) is 0 Å². The molecule has 0 aliphatic rings. The van der Waals surface area contributed by atoms with Gasteiger partial charge < -0.3 is 9.47 Å². The fraction of sp³-hybridized carbons (Fsp3) is 0.529. The highest BCUT2D eigenvalue weighted by molar-refractivity contribution is 5.98. The first kappa shape index (κ1) is 22.4. The van der Waals surface area contributed by atoms with Crippen LogP contribution in [0.25, 0.3) is 0 Å². The van der Waals surface area contributed by atoms with Crippen molar-refractivity contribution in [1.82, 2.24) is 10.4 Å². The summed E-state index contributed by atoms with van der Waals surface area (Å²) in [6.45, 7) is 4.51. The van der Waals surface area contributed by atoms with E-state index in [9.17, 15) is 19.2 Å². The summed E-state index contributed by atoms with van der Waals surface area (Å²) in [5, 5.41) is 0.880. The predicted octanol–water partition coefficient (Wildman–Crippen LogP) is 1.27. The summed E-state index contributed by atoms with van der Waals surface area (Å²) >= 11 is 0. The molecule has 0 heterocycles. The third-order valence-corrected chi connectivity index (χ3v) is 2.83. The summed E-state index contributed by atoms with van der Waals surface area (Å²) in [6, 6.07) is 0. The lowest BCUT2D eigenvalue weighted by atomic mass is 10.4. The molecule has 0 atom stereocenters. The largest absolute Gasteiger partial charge is 0.463 e. The highest BCUT2D eigenvalue weighted by Gasteiger charge is 2.08. The lowest BCUT2D eigenvalue weighted by Crippen LogP contribution is -2.41. The summed E-state index contributed by atoms with van der Waals surface area (Å²) in [5.41, 5.74) is 2.23. The third kappa shape index (κ3) is 12.4. The number of rotatable bonds is 10. The van der Waals surface area contributed by atoms with Crippen molar-refractivity contribution in [2.24, 2.45) is 0 Å². The monoisotopic (exact) mass is 354 g/mol. The zero-order valence-electron chi connectivity index (χ0n) is 14.9. The summed E-state index contributed by atoms with van der Waals surface area (Å²) in [7, 11) is 1.31. The number of hydrogen-bond donors (Lipinski definition) is 1. The molecule has 1 N–H and O–H groups in total. The van der Waals surface area contributed by atoms with Crippen LogP contribution in [0.4, 0.5) is 0 Å². The van der Waals surface area contributed by atoms with E-state index in [2.05, 4.69) is 5.43 Å². The van der Waals surface area contributed by atoms with Gasteiger partial charge in [0.05, 0.1) is 13.2 Å². The van der Waals surface area contributed by atoms with E-state index >= 15 is 0 Å². The van der Waals surface area contributed by atoms with E-state index in [4.69, 9.17) is 9.47 Å². The molecule has 0 fully saturated rings. The van der Waals surface area contributed by atoms with Crippen molar-refractivity contribution in [3.05, 3.63) is 24.3 Å². The van der Waals surface area contributed by atoms with Gasteiger partial charge in [-0.25, -0.2) is 9.59 Å². The van der Waals surface area contributed by atoms with Gasteiger partial charge in [0.2, 0.25) is 0 Å². The van der Waals surface area contributed by atoms with E-state index in [1.54, 1.807) is 0 Å². The lowest BCUT2D eigenvalue weighted by molar-refractivity contribution is -0.139. The van der Waals surface area contributed by atoms with Gasteiger partial charge in [-0.05, 0) is 12.8 Å². The Morgan fingerprint density at radius 2 is 1.32 bits per heavy atom. The SMILES string of the molecule is CCCCOC(=O)/C=C/C(=O)NN(C)C(=O)/C=C/C(=O)OCCCC. The van der Waals surface area contributed by atoms with Crippen LogP contribution < -0.4 is 5.43 Å². The summed E-state index contributed by atoms with van der Waals surface area (Å²) in [5.74, 6) is -2.56. The number of nitrogens with one attached hydrogen (secondary N) is 1. The Balaban J connectivity index is 4.22. The molecule has 2 amide bonds. The molecular formula is C17H26N2O6. The molecule has 0 saturated carbocycles. The maximum absolute atomic E-state index is 11.7. The molecule has 0 aliphatic heterocycles. The second-order valence-corrected chi connectivity index (χ2v) is 5.08. The number of hydrazine groups is 1. The minimum Gasteiger partial charge on any atom is -0.463 e. The van der Waals surface area contributed by atoms with Crippen molar-refractivity contribution >= 4 is 23.8 Å². The Kier molecular flexibility index (Phi) is 12.3. The molecule has 0 spiro atoms. The average molecular weight is 354 g/mol. The maximum atomic E-state index is 11.7. The molecule has 25 heavy (non-hydrogen) atoms. The van der Waals surface area contributed by atoms with Crippen LogP contribution in [-0.2, 0) is 28.7 Å². The molecule has 8 heteroatoms. The quantitative estimate of drug-likeness (QED) is 0.274. The first-order chi connectivity index (χ1) is 11.9. The van der Waals surface area contributed by atoms with Gasteiger partial charge in [-0.2, -0.15) is 0 Å². The van der Waals surface area contributed by atoms with Crippen LogP contribution in [0.1, 0.15) is 39.5 Å². The molecule has 0 aromatic rings. The Morgan fingerprint density at radius 3 is 1.80 bits per heavy atom. The van der Waals surface area contributed by atoms with E-state index in [-0.39, 0.29) is 0 Å². The Labute approximate surface area is 147 Å². The van der Waals surface area contributed by atoms with Crippen LogP contribution in [0.2, 0.25) is 0 Å². The van der Waals surface area contributed by atoms with E-state index in [0.29, 0.717) is 13.2 Å². The van der Waals surface area contributed by atoms with Gasteiger partial charge in [0, 0.05) is 31.4 Å². The number of hydrogen-bond acceptors (Lipinski definition) is 6. The number of likely N-dealkylation sites (N-methyl/N-ethyl adjacent to an activating group) is 1. The van der Waals surface area contributed by atoms with Gasteiger partial charge in [-0.1, -0.05) is 26.7 Å². The van der Waals surface area contributed by atoms with Gasteiger partial charge in [-0.15, -0.1) is 0 Å². The maximum Gasteiger partial charge on any atom is 0.330 e. The minimum absolute atomic E-state index is 0.291. The molecule has 0 rings (SSSR count). The fourth-order valence-electron chi connectivity index (χ4n) is 1.38. The Hall–Kier alpha value is -2.64. The van der Waals surface area contributed by atoms with Crippen molar-refractivity contribution in [2.75, 3.05) is 20.3 Å². The van der Waals surface area contributed by atoms with Crippen LogP contribution in [0.5, 0.6) is 0 Å². The van der Waals surface area contributed by atoms with Gasteiger partial charge in [-0.3, -0.25) is 20.0 Å². The Bertz CT molecular complexity index is 513. The van der Waals surface area contributed by atoms with Crippen LogP contribution in [0, 0.1) is 0 Å². The normalized spacial score (nSPS) is 10.7. The molecule has 0 radical (unpaired) electrons. The van der Waals surface area contributed by atoms with E-state index in [1.165, 1.54) is 7.05 Å². The predicted molar refractivity (Wildman–Crippen MR) is 90.9 cm³/mol. The van der Waals surface area contributed by atoms with Gasteiger partial charge in [0.1, 0.15) is 0 Å². The second-order valence-electron chi connectivity index (χ2n) is 5.08. The molecule has 0 unspecified atom stereocenters. The molecule has 0 saturated heterocycles. The number of amides is 2. The lowest BCUT2D eigenvalue weighted by Gasteiger charge is -2.14. The summed E-state index contributed by atoms with van der Waals surface area (Å²) < 4.78 is 9.69. The van der Waals surface area contributed by atoms with Gasteiger partial charge in [0.25, 0.3) is 11.8 Å². The standard InChI is InChI=1S/C17H26N2O6/c1-4-6-12-24-16(22)10-8-14(20)18-19(3)15(21)9-11-17(23)25-13-7-5-2/h8-11H,4-7,12-13H2,1-3H3,(H,18,20)/b10-8+,11-9+. The van der Waals surface area contributed by atoms with Crippen molar-refractivity contribution in [1.29, 1.82) is 0 Å². The smallest absolute Gasteiger partial charge is 0.330 e. The first-order valence-corrected chi connectivity index (χ1v) is 8.18. The van der Waals surface area contributed by atoms with Crippen molar-refractivity contribution in [3.8, 4) is 0 Å². The van der Waals surface area contributed by atoms with Crippen LogP contribution in [-0.4, -0.2) is 49.0 Å². The topological polar surface area (TPSA) is 102 Å². The van der Waals surface area contributed by atoms with Gasteiger partial charge >= 0.3 is 11.9 Å².